The summed E-state index contributed by atoms with van der Waals surface area (Å²) in [7, 11) is 0. The molecule has 0 saturated heterocycles. The van der Waals surface area contributed by atoms with Crippen LogP contribution >= 0.6 is 0 Å². The van der Waals surface area contributed by atoms with E-state index >= 15 is 0 Å². The molecule has 0 aliphatic carbocycles. The van der Waals surface area contributed by atoms with Crippen LogP contribution in [-0.4, -0.2) is 30.2 Å². The van der Waals surface area contributed by atoms with E-state index in [1.807, 2.05) is 13.0 Å². The molecule has 1 unspecified atom stereocenters. The van der Waals surface area contributed by atoms with Crippen LogP contribution in [0.1, 0.15) is 30.5 Å². The molecule has 7 N–H and O–H groups in total. The number of carbonyl (C=O) groups excluding carboxylic acids is 2. The molecule has 8 heteroatoms. The van der Waals surface area contributed by atoms with Crippen LogP contribution in [0.4, 0.5) is 4.39 Å². The zero-order valence-electron chi connectivity index (χ0n) is 16.7. The number of halogens is 1. The van der Waals surface area contributed by atoms with Crippen molar-refractivity contribution in [2.45, 2.75) is 32.9 Å². The van der Waals surface area contributed by atoms with Crippen molar-refractivity contribution in [3.05, 3.63) is 71.0 Å². The van der Waals surface area contributed by atoms with Gasteiger partial charge in [0.2, 0.25) is 11.8 Å². The number of nitrogens with one attached hydrogen (secondary N) is 3. The van der Waals surface area contributed by atoms with Gasteiger partial charge in [-0.15, -0.1) is 0 Å². The van der Waals surface area contributed by atoms with Crippen LogP contribution in [0.15, 0.2) is 48.5 Å². The summed E-state index contributed by atoms with van der Waals surface area (Å²) in [6.45, 7) is 3.78. The summed E-state index contributed by atoms with van der Waals surface area (Å²) in [5, 5.41) is 12.4. The van der Waals surface area contributed by atoms with Crippen molar-refractivity contribution in [1.82, 2.24) is 10.6 Å². The predicted molar refractivity (Wildman–Crippen MR) is 112 cm³/mol. The molecule has 2 amide bonds. The van der Waals surface area contributed by atoms with Gasteiger partial charge in [-0.05, 0) is 36.6 Å². The molecule has 0 aromatic heterocycles. The van der Waals surface area contributed by atoms with Gasteiger partial charge in [-0.2, -0.15) is 0 Å². The van der Waals surface area contributed by atoms with Gasteiger partial charge in [0.05, 0.1) is 6.54 Å². The van der Waals surface area contributed by atoms with E-state index < -0.39 is 6.04 Å². The molecular formula is C21H28FN5O2. The fourth-order valence-electron chi connectivity index (χ4n) is 2.27. The molecule has 2 rings (SSSR count). The minimum Gasteiger partial charge on any atom is -0.384 e. The van der Waals surface area contributed by atoms with Gasteiger partial charge in [-0.1, -0.05) is 43.3 Å². The topological polar surface area (TPSA) is 134 Å². The van der Waals surface area contributed by atoms with Gasteiger partial charge in [0.1, 0.15) is 17.7 Å². The Morgan fingerprint density at radius 3 is 2.28 bits per heavy atom. The second-order valence-electron chi connectivity index (χ2n) is 6.31. The first-order valence-corrected chi connectivity index (χ1v) is 9.21. The second kappa shape index (κ2) is 12.2. The first-order valence-electron chi connectivity index (χ1n) is 9.21. The fraction of sp³-hybridized carbons (Fsp3) is 0.286. The Hall–Kier alpha value is -3.26. The van der Waals surface area contributed by atoms with Crippen molar-refractivity contribution >= 4 is 17.6 Å². The zero-order valence-corrected chi connectivity index (χ0v) is 16.7. The molecule has 0 heterocycles. The molecule has 0 aliphatic heterocycles. The van der Waals surface area contributed by atoms with Crippen molar-refractivity contribution in [1.29, 1.82) is 5.41 Å². The van der Waals surface area contributed by atoms with Crippen molar-refractivity contribution in [2.75, 3.05) is 6.54 Å². The molecule has 29 heavy (non-hydrogen) atoms. The molecule has 0 spiro atoms. The van der Waals surface area contributed by atoms with Crippen LogP contribution in [0.5, 0.6) is 0 Å². The van der Waals surface area contributed by atoms with Crippen LogP contribution in [0.3, 0.4) is 0 Å². The number of carbonyl (C=O) groups is 2. The van der Waals surface area contributed by atoms with Crippen LogP contribution in [0.25, 0.3) is 0 Å². The Bertz CT molecular complexity index is 824. The van der Waals surface area contributed by atoms with E-state index in [9.17, 15) is 14.0 Å². The van der Waals surface area contributed by atoms with Crippen molar-refractivity contribution in [2.24, 2.45) is 11.5 Å². The normalized spacial score (nSPS) is 10.9. The first kappa shape index (κ1) is 23.8. The van der Waals surface area contributed by atoms with E-state index in [2.05, 4.69) is 10.6 Å². The number of rotatable bonds is 7. The molecule has 0 fully saturated rings. The molecule has 1 atom stereocenters. The molecular weight excluding hydrogens is 373 g/mol. The van der Waals surface area contributed by atoms with Gasteiger partial charge >= 0.3 is 0 Å². The summed E-state index contributed by atoms with van der Waals surface area (Å²) in [6, 6.07) is 13.0. The van der Waals surface area contributed by atoms with Crippen LogP contribution in [0.2, 0.25) is 0 Å². The molecule has 7 nitrogen and oxygen atoms in total. The average Bonchev–Trinajstić information content (AvgIpc) is 2.72. The lowest BCUT2D eigenvalue weighted by Crippen LogP contribution is -2.46. The van der Waals surface area contributed by atoms with Gasteiger partial charge in [0, 0.05) is 12.1 Å². The third kappa shape index (κ3) is 8.98. The maximum Gasteiger partial charge on any atom is 0.242 e. The van der Waals surface area contributed by atoms with E-state index in [0.717, 1.165) is 17.5 Å². The van der Waals surface area contributed by atoms with Crippen LogP contribution in [-0.2, 0) is 22.6 Å². The Morgan fingerprint density at radius 1 is 1.14 bits per heavy atom. The molecule has 0 aliphatic rings. The number of nitrogens with two attached hydrogens (primary N) is 2. The monoisotopic (exact) mass is 401 g/mol. The van der Waals surface area contributed by atoms with Crippen molar-refractivity contribution in [3.8, 4) is 0 Å². The highest BCUT2D eigenvalue weighted by molar-refractivity contribution is 5.94. The van der Waals surface area contributed by atoms with Crippen LogP contribution in [0, 0.1) is 11.2 Å². The standard InChI is InChI=1S/C13H19N5O2.C8H9F/c1-8(18-11(19)6-14)13(20)17-7-9-2-4-10(5-3-9)12(15)16;1-2-7-4-3-5-8(9)6-7/h2-5,8H,6-7,14H2,1H3,(H3,15,16)(H,17,20)(H,18,19);3-6H,2H2,1H3. The highest BCUT2D eigenvalue weighted by atomic mass is 19.1. The summed E-state index contributed by atoms with van der Waals surface area (Å²) in [6.07, 6.45) is 0.901. The van der Waals surface area contributed by atoms with Gasteiger partial charge in [-0.3, -0.25) is 15.0 Å². The van der Waals surface area contributed by atoms with E-state index in [-0.39, 0.29) is 30.0 Å². The quantitative estimate of drug-likeness (QED) is 0.354. The first-order chi connectivity index (χ1) is 13.8. The molecule has 0 bridgehead atoms. The SMILES string of the molecule is CC(NC(=O)CN)C(=O)NCc1ccc(C(=N)N)cc1.CCc1cccc(F)c1. The lowest BCUT2D eigenvalue weighted by molar-refractivity contribution is -0.128. The number of hydrogen-bond donors (Lipinski definition) is 5. The number of aryl methyl sites for hydroxylation is 1. The lowest BCUT2D eigenvalue weighted by atomic mass is 10.1. The third-order valence-electron chi connectivity index (χ3n) is 3.99. The molecule has 0 radical (unpaired) electrons. The number of hydrogen-bond acceptors (Lipinski definition) is 4. The zero-order chi connectivity index (χ0) is 21.8. The van der Waals surface area contributed by atoms with E-state index in [1.54, 1.807) is 43.3 Å². The Morgan fingerprint density at radius 2 is 1.79 bits per heavy atom. The highest BCUT2D eigenvalue weighted by Gasteiger charge is 2.14. The average molecular weight is 401 g/mol. The maximum atomic E-state index is 12.4. The van der Waals surface area contributed by atoms with E-state index in [0.29, 0.717) is 12.1 Å². The Labute approximate surface area is 170 Å². The molecule has 156 valence electrons. The number of amidine groups is 1. The minimum atomic E-state index is -0.637. The minimum absolute atomic E-state index is 0.00120. The Kier molecular flexibility index (Phi) is 10.0. The molecule has 2 aromatic carbocycles. The summed E-state index contributed by atoms with van der Waals surface area (Å²) in [5.74, 6) is -0.811. The van der Waals surface area contributed by atoms with Gasteiger partial charge in [0.15, 0.2) is 0 Å². The van der Waals surface area contributed by atoms with E-state index in [1.165, 1.54) is 6.07 Å². The second-order valence-corrected chi connectivity index (χ2v) is 6.31. The predicted octanol–water partition coefficient (Wildman–Crippen LogP) is 1.44. The summed E-state index contributed by atoms with van der Waals surface area (Å²) in [4.78, 5) is 22.8. The fourth-order valence-corrected chi connectivity index (χ4v) is 2.27. The van der Waals surface area contributed by atoms with Crippen LogP contribution < -0.4 is 22.1 Å². The third-order valence-corrected chi connectivity index (χ3v) is 3.99. The smallest absolute Gasteiger partial charge is 0.242 e. The molecule has 0 saturated carbocycles. The highest BCUT2D eigenvalue weighted by Crippen LogP contribution is 2.04. The summed E-state index contributed by atoms with van der Waals surface area (Å²) < 4.78 is 12.4. The van der Waals surface area contributed by atoms with Crippen molar-refractivity contribution in [3.63, 3.8) is 0 Å². The number of nitrogen functional groups attached to an aromatic ring is 1. The Balaban J connectivity index is 0.000000387. The maximum absolute atomic E-state index is 12.4. The largest absolute Gasteiger partial charge is 0.384 e. The van der Waals surface area contributed by atoms with Gasteiger partial charge < -0.3 is 22.1 Å². The number of amides is 2. The lowest BCUT2D eigenvalue weighted by Gasteiger charge is -2.13. The van der Waals surface area contributed by atoms with Crippen molar-refractivity contribution < 1.29 is 14.0 Å². The molecule has 2 aromatic rings. The van der Waals surface area contributed by atoms with Gasteiger partial charge in [-0.25, -0.2) is 4.39 Å². The van der Waals surface area contributed by atoms with E-state index in [4.69, 9.17) is 16.9 Å². The van der Waals surface area contributed by atoms with Gasteiger partial charge in [0.25, 0.3) is 0 Å². The summed E-state index contributed by atoms with van der Waals surface area (Å²) in [5.41, 5.74) is 13.1. The summed E-state index contributed by atoms with van der Waals surface area (Å²) >= 11 is 0. The number of benzene rings is 2.